The average Bonchev–Trinajstić information content (AvgIpc) is 2.21. The summed E-state index contributed by atoms with van der Waals surface area (Å²) in [5, 5.41) is 9.08. The van der Waals surface area contributed by atoms with Gasteiger partial charge in [0, 0.05) is 6.54 Å². The largest absolute Gasteiger partial charge is 0.477 e. The number of rotatable bonds is 5. The van der Waals surface area contributed by atoms with Gasteiger partial charge in [-0.05, 0) is 12.3 Å². The molecule has 94 valence electrons. The summed E-state index contributed by atoms with van der Waals surface area (Å²) in [4.78, 5) is 27.2. The summed E-state index contributed by atoms with van der Waals surface area (Å²) in [6, 6.07) is 0. The van der Waals surface area contributed by atoms with Gasteiger partial charge in [-0.25, -0.2) is 9.78 Å². The molecule has 1 aromatic rings. The second-order valence-electron chi connectivity index (χ2n) is 4.47. The first-order valence-electron chi connectivity index (χ1n) is 5.79. The van der Waals surface area contributed by atoms with Crippen LogP contribution in [0.5, 0.6) is 0 Å². The van der Waals surface area contributed by atoms with E-state index in [1.807, 2.05) is 20.8 Å². The minimum absolute atomic E-state index is 0.185. The number of carboxylic acids is 1. The van der Waals surface area contributed by atoms with Gasteiger partial charge < -0.3 is 5.11 Å². The molecule has 0 aliphatic heterocycles. The first-order chi connectivity index (χ1) is 7.97. The number of aryl methyl sites for hydroxylation is 1. The molecule has 17 heavy (non-hydrogen) atoms. The highest BCUT2D eigenvalue weighted by Gasteiger charge is 2.17. The molecule has 0 radical (unpaired) electrons. The number of carbonyl (C=O) groups is 1. The number of hydrogen-bond acceptors (Lipinski definition) is 3. The Morgan fingerprint density at radius 3 is 2.65 bits per heavy atom. The van der Waals surface area contributed by atoms with Crippen LogP contribution in [0, 0.1) is 5.92 Å². The quantitative estimate of drug-likeness (QED) is 0.844. The summed E-state index contributed by atoms with van der Waals surface area (Å²) < 4.78 is 1.37. The molecule has 0 saturated heterocycles. The maximum absolute atomic E-state index is 12.0. The summed E-state index contributed by atoms with van der Waals surface area (Å²) in [7, 11) is 0. The van der Waals surface area contributed by atoms with Crippen LogP contribution in [0.2, 0.25) is 0 Å². The van der Waals surface area contributed by atoms with Crippen molar-refractivity contribution in [3.63, 3.8) is 0 Å². The lowest BCUT2D eigenvalue weighted by molar-refractivity contribution is 0.0692. The van der Waals surface area contributed by atoms with Gasteiger partial charge in [0.25, 0.3) is 5.56 Å². The van der Waals surface area contributed by atoms with Gasteiger partial charge in [-0.3, -0.25) is 9.36 Å². The fourth-order valence-corrected chi connectivity index (χ4v) is 1.69. The minimum Gasteiger partial charge on any atom is -0.477 e. The van der Waals surface area contributed by atoms with Gasteiger partial charge in [-0.2, -0.15) is 0 Å². The Morgan fingerprint density at radius 1 is 1.53 bits per heavy atom. The van der Waals surface area contributed by atoms with Gasteiger partial charge in [0.2, 0.25) is 0 Å². The second-order valence-corrected chi connectivity index (χ2v) is 4.47. The first-order valence-corrected chi connectivity index (χ1v) is 5.79. The number of hydrogen-bond donors (Lipinski definition) is 1. The maximum atomic E-state index is 12.0. The molecular formula is C12H18N2O3. The summed E-state index contributed by atoms with van der Waals surface area (Å²) in [6.45, 7) is 6.34. The molecular weight excluding hydrogens is 220 g/mol. The summed E-state index contributed by atoms with van der Waals surface area (Å²) in [5.41, 5.74) is -0.260. The van der Waals surface area contributed by atoms with Crippen LogP contribution >= 0.6 is 0 Å². The van der Waals surface area contributed by atoms with E-state index >= 15 is 0 Å². The van der Waals surface area contributed by atoms with Gasteiger partial charge in [-0.15, -0.1) is 0 Å². The van der Waals surface area contributed by atoms with Crippen molar-refractivity contribution in [3.05, 3.63) is 27.9 Å². The Labute approximate surface area is 100 Å². The number of nitrogens with zero attached hydrogens (tertiary/aromatic N) is 2. The molecule has 5 nitrogen and oxygen atoms in total. The van der Waals surface area contributed by atoms with E-state index in [2.05, 4.69) is 4.98 Å². The lowest BCUT2D eigenvalue weighted by atomic mass is 10.1. The zero-order valence-corrected chi connectivity index (χ0v) is 10.4. The lowest BCUT2D eigenvalue weighted by Crippen LogP contribution is -2.30. The third-order valence-electron chi connectivity index (χ3n) is 2.38. The molecule has 0 atom stereocenters. The highest BCUT2D eigenvalue weighted by atomic mass is 16.4. The van der Waals surface area contributed by atoms with E-state index in [1.54, 1.807) is 0 Å². The van der Waals surface area contributed by atoms with E-state index in [9.17, 15) is 9.59 Å². The van der Waals surface area contributed by atoms with Gasteiger partial charge in [0.05, 0.1) is 12.0 Å². The molecule has 1 heterocycles. The van der Waals surface area contributed by atoms with Crippen LogP contribution in [-0.2, 0) is 13.0 Å². The van der Waals surface area contributed by atoms with Crippen LogP contribution in [0.4, 0.5) is 0 Å². The minimum atomic E-state index is -1.19. The average molecular weight is 238 g/mol. The topological polar surface area (TPSA) is 72.2 Å². The normalized spacial score (nSPS) is 10.8. The third kappa shape index (κ3) is 3.15. The van der Waals surface area contributed by atoms with E-state index in [4.69, 9.17) is 5.11 Å². The predicted molar refractivity (Wildman–Crippen MR) is 64.3 cm³/mol. The smallest absolute Gasteiger partial charge is 0.343 e. The Morgan fingerprint density at radius 2 is 2.18 bits per heavy atom. The standard InChI is InChI=1S/C12H18N2O3/c1-4-5-9-10(12(16)17)11(15)14(7-13-9)6-8(2)3/h7-8H,4-6H2,1-3H3,(H,16,17). The Kier molecular flexibility index (Phi) is 4.43. The number of aromatic nitrogens is 2. The van der Waals surface area contributed by atoms with Gasteiger partial charge in [-0.1, -0.05) is 27.2 Å². The first kappa shape index (κ1) is 13.4. The zero-order valence-electron chi connectivity index (χ0n) is 10.4. The fraction of sp³-hybridized carbons (Fsp3) is 0.583. The molecule has 0 saturated carbocycles. The third-order valence-corrected chi connectivity index (χ3v) is 2.38. The van der Waals surface area contributed by atoms with Crippen molar-refractivity contribution in [1.29, 1.82) is 0 Å². The van der Waals surface area contributed by atoms with Crippen LogP contribution in [0.15, 0.2) is 11.1 Å². The van der Waals surface area contributed by atoms with Crippen LogP contribution in [0.1, 0.15) is 43.2 Å². The van der Waals surface area contributed by atoms with Crippen LogP contribution < -0.4 is 5.56 Å². The number of aromatic carboxylic acids is 1. The number of carboxylic acid groups (broad SMARTS) is 1. The van der Waals surface area contributed by atoms with E-state index < -0.39 is 11.5 Å². The molecule has 1 N–H and O–H groups in total. The summed E-state index contributed by atoms with van der Waals surface area (Å²) in [5.74, 6) is -0.919. The fourth-order valence-electron chi connectivity index (χ4n) is 1.69. The molecule has 0 aliphatic rings. The molecule has 0 aromatic carbocycles. The monoisotopic (exact) mass is 238 g/mol. The maximum Gasteiger partial charge on any atom is 0.343 e. The van der Waals surface area contributed by atoms with Gasteiger partial charge in [0.1, 0.15) is 5.56 Å². The molecule has 5 heteroatoms. The Balaban J connectivity index is 3.28. The van der Waals surface area contributed by atoms with E-state index in [-0.39, 0.29) is 11.5 Å². The van der Waals surface area contributed by atoms with Crippen molar-refractivity contribution in [2.24, 2.45) is 5.92 Å². The van der Waals surface area contributed by atoms with Crippen molar-refractivity contribution >= 4 is 5.97 Å². The highest BCUT2D eigenvalue weighted by molar-refractivity contribution is 5.88. The molecule has 0 spiro atoms. The highest BCUT2D eigenvalue weighted by Crippen LogP contribution is 2.05. The molecule has 0 aliphatic carbocycles. The summed E-state index contributed by atoms with van der Waals surface area (Å²) >= 11 is 0. The van der Waals surface area contributed by atoms with Crippen LogP contribution in [-0.4, -0.2) is 20.6 Å². The second kappa shape index (κ2) is 5.61. The predicted octanol–water partition coefficient (Wildman–Crippen LogP) is 1.55. The van der Waals surface area contributed by atoms with Gasteiger partial charge >= 0.3 is 5.97 Å². The Hall–Kier alpha value is -1.65. The van der Waals surface area contributed by atoms with Crippen LogP contribution in [0.25, 0.3) is 0 Å². The molecule has 1 rings (SSSR count). The van der Waals surface area contributed by atoms with Crippen molar-refractivity contribution in [3.8, 4) is 0 Å². The van der Waals surface area contributed by atoms with Crippen molar-refractivity contribution in [1.82, 2.24) is 9.55 Å². The molecule has 1 aromatic heterocycles. The molecule has 0 bridgehead atoms. The molecule has 0 amide bonds. The Bertz CT molecular complexity index is 463. The molecule has 0 unspecified atom stereocenters. The zero-order chi connectivity index (χ0) is 13.0. The van der Waals surface area contributed by atoms with Crippen molar-refractivity contribution < 1.29 is 9.90 Å². The van der Waals surface area contributed by atoms with Crippen molar-refractivity contribution in [2.75, 3.05) is 0 Å². The lowest BCUT2D eigenvalue weighted by Gasteiger charge is -2.10. The van der Waals surface area contributed by atoms with Crippen LogP contribution in [0.3, 0.4) is 0 Å². The van der Waals surface area contributed by atoms with E-state index in [0.29, 0.717) is 18.7 Å². The van der Waals surface area contributed by atoms with Crippen molar-refractivity contribution in [2.45, 2.75) is 40.2 Å². The molecule has 0 fully saturated rings. The van der Waals surface area contributed by atoms with Gasteiger partial charge in [0.15, 0.2) is 0 Å². The van der Waals surface area contributed by atoms with E-state index in [1.165, 1.54) is 10.9 Å². The van der Waals surface area contributed by atoms with E-state index in [0.717, 1.165) is 6.42 Å². The SMILES string of the molecule is CCCc1ncn(CC(C)C)c(=O)c1C(=O)O. The summed E-state index contributed by atoms with van der Waals surface area (Å²) in [6.07, 6.45) is 2.72.